The van der Waals surface area contributed by atoms with Gasteiger partial charge in [-0.05, 0) is 61.9 Å². The lowest BCUT2D eigenvalue weighted by molar-refractivity contribution is -0.117. The molecule has 0 atom stereocenters. The number of aromatic nitrogens is 1. The summed E-state index contributed by atoms with van der Waals surface area (Å²) in [5.41, 5.74) is 2.93. The van der Waals surface area contributed by atoms with E-state index in [2.05, 4.69) is 5.32 Å². The zero-order valence-electron chi connectivity index (χ0n) is 19.5. The second-order valence-electron chi connectivity index (χ2n) is 8.11. The number of hydrogen-bond acceptors (Lipinski definition) is 6. The van der Waals surface area contributed by atoms with Crippen molar-refractivity contribution in [2.45, 2.75) is 25.3 Å². The number of carbonyl (C=O) groups excluding carboxylic acids is 1. The first-order valence-corrected chi connectivity index (χ1v) is 12.5. The Bertz CT molecular complexity index is 1390. The zero-order valence-corrected chi connectivity index (χ0v) is 20.3. The Labute approximate surface area is 204 Å². The number of amides is 1. The van der Waals surface area contributed by atoms with Gasteiger partial charge in [0.15, 0.2) is 0 Å². The molecule has 0 spiro atoms. The second kappa shape index (κ2) is 10.3. The maximum atomic E-state index is 13.1. The van der Waals surface area contributed by atoms with E-state index in [1.54, 1.807) is 30.3 Å². The second-order valence-corrected chi connectivity index (χ2v) is 10.0. The largest absolute Gasteiger partial charge is 0.467 e. The Morgan fingerprint density at radius 2 is 1.94 bits per heavy atom. The fourth-order valence-corrected chi connectivity index (χ4v) is 5.48. The molecular formula is C25H26N4O5S. The average Bonchev–Trinajstić information content (AvgIpc) is 3.49. The number of furan rings is 1. The molecule has 9 nitrogen and oxygen atoms in total. The third-order valence-corrected chi connectivity index (χ3v) is 7.72. The van der Waals surface area contributed by atoms with Crippen LogP contribution in [-0.4, -0.2) is 49.5 Å². The first-order valence-electron chi connectivity index (χ1n) is 11.1. The third kappa shape index (κ3) is 5.22. The molecule has 0 unspecified atom stereocenters. The Morgan fingerprint density at radius 3 is 2.63 bits per heavy atom. The van der Waals surface area contributed by atoms with Crippen LogP contribution in [0.15, 0.2) is 63.6 Å². The molecule has 4 rings (SSSR count). The van der Waals surface area contributed by atoms with Crippen molar-refractivity contribution >= 4 is 22.0 Å². The lowest BCUT2D eigenvalue weighted by atomic mass is 10.1. The number of nitriles is 1. The number of nitrogens with zero attached hydrogens (tertiary/aromatic N) is 3. The minimum absolute atomic E-state index is 0.0412. The summed E-state index contributed by atoms with van der Waals surface area (Å²) >= 11 is 0. The molecule has 0 bridgehead atoms. The van der Waals surface area contributed by atoms with Crippen LogP contribution in [0, 0.1) is 25.2 Å². The van der Waals surface area contributed by atoms with Gasteiger partial charge in [-0.2, -0.15) is 9.57 Å². The topological polar surface area (TPSA) is 118 Å². The van der Waals surface area contributed by atoms with Crippen molar-refractivity contribution in [3.05, 3.63) is 77.0 Å². The molecule has 3 heterocycles. The molecule has 1 amide bonds. The molecule has 35 heavy (non-hydrogen) atoms. The maximum Gasteiger partial charge on any atom is 0.262 e. The van der Waals surface area contributed by atoms with Crippen LogP contribution in [0.2, 0.25) is 0 Å². The molecule has 10 heteroatoms. The Morgan fingerprint density at radius 1 is 1.17 bits per heavy atom. The summed E-state index contributed by atoms with van der Waals surface area (Å²) in [5.74, 6) is 0.0769. The quantitative estimate of drug-likeness (QED) is 0.399. The van der Waals surface area contributed by atoms with Crippen molar-refractivity contribution in [1.82, 2.24) is 14.2 Å². The van der Waals surface area contributed by atoms with Gasteiger partial charge in [0.1, 0.15) is 17.4 Å². The summed E-state index contributed by atoms with van der Waals surface area (Å²) in [6, 6.07) is 14.0. The van der Waals surface area contributed by atoms with Gasteiger partial charge in [0, 0.05) is 30.2 Å². The van der Waals surface area contributed by atoms with Crippen molar-refractivity contribution in [1.29, 1.82) is 5.26 Å². The van der Waals surface area contributed by atoms with E-state index in [0.717, 1.165) is 11.4 Å². The van der Waals surface area contributed by atoms with E-state index in [0.29, 0.717) is 43.3 Å². The molecule has 1 aliphatic rings. The van der Waals surface area contributed by atoms with E-state index in [-0.39, 0.29) is 17.0 Å². The van der Waals surface area contributed by atoms with Crippen LogP contribution < -0.4 is 5.32 Å². The smallest absolute Gasteiger partial charge is 0.262 e. The highest BCUT2D eigenvalue weighted by Crippen LogP contribution is 2.26. The van der Waals surface area contributed by atoms with Crippen molar-refractivity contribution < 1.29 is 22.4 Å². The first-order chi connectivity index (χ1) is 16.8. The molecular weight excluding hydrogens is 468 g/mol. The summed E-state index contributed by atoms with van der Waals surface area (Å²) in [7, 11) is -3.65. The van der Waals surface area contributed by atoms with Gasteiger partial charge in [-0.3, -0.25) is 4.79 Å². The summed E-state index contributed by atoms with van der Waals surface area (Å²) in [5, 5.41) is 12.2. The fourth-order valence-electron chi connectivity index (χ4n) is 4.03. The third-order valence-electron chi connectivity index (χ3n) is 5.82. The van der Waals surface area contributed by atoms with E-state index in [1.165, 1.54) is 16.6 Å². The van der Waals surface area contributed by atoms with E-state index in [4.69, 9.17) is 9.15 Å². The number of rotatable bonds is 7. The fraction of sp³-hybridized carbons (Fsp3) is 0.280. The van der Waals surface area contributed by atoms with Gasteiger partial charge < -0.3 is 19.0 Å². The van der Waals surface area contributed by atoms with Gasteiger partial charge in [0.25, 0.3) is 5.91 Å². The van der Waals surface area contributed by atoms with Crippen LogP contribution >= 0.6 is 0 Å². The number of hydrogen-bond donors (Lipinski definition) is 1. The van der Waals surface area contributed by atoms with Crippen LogP contribution in [0.3, 0.4) is 0 Å². The molecule has 1 aromatic carbocycles. The number of benzene rings is 1. The Hall–Kier alpha value is -3.65. The van der Waals surface area contributed by atoms with Crippen molar-refractivity contribution in [3.8, 4) is 11.8 Å². The maximum absolute atomic E-state index is 13.1. The number of nitrogens with one attached hydrogen (secondary N) is 1. The van der Waals surface area contributed by atoms with Crippen LogP contribution in [-0.2, 0) is 26.1 Å². The summed E-state index contributed by atoms with van der Waals surface area (Å²) in [4.78, 5) is 12.7. The number of morpholine rings is 1. The number of aryl methyl sites for hydroxylation is 1. The number of carbonyl (C=O) groups is 1. The van der Waals surface area contributed by atoms with Gasteiger partial charge in [-0.15, -0.1) is 0 Å². The van der Waals surface area contributed by atoms with Crippen molar-refractivity contribution in [3.63, 3.8) is 0 Å². The molecule has 0 aliphatic carbocycles. The molecule has 2 aromatic heterocycles. The van der Waals surface area contributed by atoms with E-state index < -0.39 is 15.9 Å². The Balaban J connectivity index is 1.61. The molecule has 3 aromatic rings. The van der Waals surface area contributed by atoms with Gasteiger partial charge in [-0.1, -0.05) is 6.07 Å². The number of ether oxygens (including phenoxy) is 1. The average molecular weight is 495 g/mol. The minimum Gasteiger partial charge on any atom is -0.467 e. The highest BCUT2D eigenvalue weighted by atomic mass is 32.2. The van der Waals surface area contributed by atoms with Crippen molar-refractivity contribution in [2.24, 2.45) is 0 Å². The molecule has 1 fully saturated rings. The van der Waals surface area contributed by atoms with Crippen LogP contribution in [0.5, 0.6) is 0 Å². The standard InChI is InChI=1S/C25H26N4O5S/c1-18-13-20(14-21(16-26)25(30)27-17-23-6-4-10-34-23)19(2)29(18)22-5-3-7-24(15-22)35(31,32)28-8-11-33-12-9-28/h3-7,10,13-15H,8-9,11-12,17H2,1-2H3,(H,27,30)/b21-14+. The predicted molar refractivity (Wildman–Crippen MR) is 129 cm³/mol. The lowest BCUT2D eigenvalue weighted by Crippen LogP contribution is -2.40. The molecule has 1 aliphatic heterocycles. The summed E-state index contributed by atoms with van der Waals surface area (Å²) in [6.45, 7) is 5.31. The van der Waals surface area contributed by atoms with Crippen LogP contribution in [0.1, 0.15) is 22.7 Å². The van der Waals surface area contributed by atoms with E-state index in [1.807, 2.05) is 36.6 Å². The zero-order chi connectivity index (χ0) is 25.0. The highest BCUT2D eigenvalue weighted by Gasteiger charge is 2.26. The van der Waals surface area contributed by atoms with E-state index >= 15 is 0 Å². The van der Waals surface area contributed by atoms with Gasteiger partial charge in [-0.25, -0.2) is 8.42 Å². The van der Waals surface area contributed by atoms with Crippen molar-refractivity contribution in [2.75, 3.05) is 26.3 Å². The van der Waals surface area contributed by atoms with Crippen LogP contribution in [0.4, 0.5) is 0 Å². The summed E-state index contributed by atoms with van der Waals surface area (Å²) < 4.78 is 40.0. The predicted octanol–water partition coefficient (Wildman–Crippen LogP) is 2.93. The molecule has 0 radical (unpaired) electrons. The van der Waals surface area contributed by atoms with Gasteiger partial charge in [0.2, 0.25) is 10.0 Å². The van der Waals surface area contributed by atoms with Gasteiger partial charge >= 0.3 is 0 Å². The highest BCUT2D eigenvalue weighted by molar-refractivity contribution is 7.89. The monoisotopic (exact) mass is 494 g/mol. The van der Waals surface area contributed by atoms with Crippen LogP contribution in [0.25, 0.3) is 11.8 Å². The summed E-state index contributed by atoms with van der Waals surface area (Å²) in [6.07, 6.45) is 3.04. The first kappa shape index (κ1) is 24.5. The molecule has 182 valence electrons. The normalized spacial score (nSPS) is 15.1. The lowest BCUT2D eigenvalue weighted by Gasteiger charge is -2.26. The van der Waals surface area contributed by atoms with E-state index in [9.17, 15) is 18.5 Å². The molecule has 1 saturated heterocycles. The SMILES string of the molecule is Cc1cc(/C=C(\C#N)C(=O)NCc2ccco2)c(C)n1-c1cccc(S(=O)(=O)N2CCOCC2)c1. The molecule has 0 saturated carbocycles. The number of sulfonamides is 1. The van der Waals surface area contributed by atoms with Gasteiger partial charge in [0.05, 0.1) is 30.9 Å². The Kier molecular flexibility index (Phi) is 7.21. The minimum atomic E-state index is -3.65. The molecule has 1 N–H and O–H groups in total.